The van der Waals surface area contributed by atoms with Gasteiger partial charge in [-0.05, 0) is 19.1 Å². The Morgan fingerprint density at radius 1 is 1.70 bits per heavy atom. The standard InChI is InChI=1S/C7H9ClN2/c1-5(9)7-4-6(8)2-3-10-7/h2-5H,9H2,1H3/t5-/m0/s1. The minimum Gasteiger partial charge on any atom is -0.323 e. The molecule has 1 aromatic rings. The van der Waals surface area contributed by atoms with Crippen LogP contribution in [0.15, 0.2) is 18.3 Å². The van der Waals surface area contributed by atoms with Gasteiger partial charge in [-0.15, -0.1) is 0 Å². The van der Waals surface area contributed by atoms with E-state index in [0.29, 0.717) is 5.02 Å². The molecule has 2 N–H and O–H groups in total. The first-order valence-corrected chi connectivity index (χ1v) is 3.45. The molecule has 0 aliphatic heterocycles. The molecule has 0 bridgehead atoms. The third-order valence-corrected chi connectivity index (χ3v) is 1.44. The third kappa shape index (κ3) is 1.69. The average Bonchev–Trinajstić information content (AvgIpc) is 1.88. The van der Waals surface area contributed by atoms with Gasteiger partial charge in [-0.25, -0.2) is 0 Å². The molecule has 10 heavy (non-hydrogen) atoms. The van der Waals surface area contributed by atoms with Gasteiger partial charge in [0.05, 0.1) is 5.69 Å². The van der Waals surface area contributed by atoms with Gasteiger partial charge in [0.1, 0.15) is 0 Å². The van der Waals surface area contributed by atoms with Crippen molar-refractivity contribution in [1.29, 1.82) is 0 Å². The Hall–Kier alpha value is -0.600. The van der Waals surface area contributed by atoms with Crippen LogP contribution in [0.1, 0.15) is 18.7 Å². The van der Waals surface area contributed by atoms with Gasteiger partial charge in [-0.3, -0.25) is 4.98 Å². The first-order valence-electron chi connectivity index (χ1n) is 3.07. The largest absolute Gasteiger partial charge is 0.323 e. The molecule has 1 heterocycles. The summed E-state index contributed by atoms with van der Waals surface area (Å²) in [4.78, 5) is 4.03. The molecular weight excluding hydrogens is 148 g/mol. The van der Waals surface area contributed by atoms with Crippen LogP contribution < -0.4 is 5.73 Å². The summed E-state index contributed by atoms with van der Waals surface area (Å²) in [6.07, 6.45) is 1.65. The van der Waals surface area contributed by atoms with Crippen LogP contribution in [0.4, 0.5) is 0 Å². The maximum Gasteiger partial charge on any atom is 0.0582 e. The number of pyridine rings is 1. The Morgan fingerprint density at radius 2 is 2.40 bits per heavy atom. The SMILES string of the molecule is C[C@H](N)c1cc(Cl)ccn1. The Morgan fingerprint density at radius 3 is 2.80 bits per heavy atom. The van der Waals surface area contributed by atoms with Crippen molar-refractivity contribution in [2.24, 2.45) is 5.73 Å². The third-order valence-electron chi connectivity index (χ3n) is 1.21. The quantitative estimate of drug-likeness (QED) is 0.673. The maximum absolute atomic E-state index is 5.69. The van der Waals surface area contributed by atoms with Crippen molar-refractivity contribution >= 4 is 11.6 Å². The van der Waals surface area contributed by atoms with Gasteiger partial charge in [0, 0.05) is 17.3 Å². The predicted octanol–water partition coefficient (Wildman–Crippen LogP) is 1.75. The summed E-state index contributed by atoms with van der Waals surface area (Å²) in [5.41, 5.74) is 6.39. The number of hydrogen-bond acceptors (Lipinski definition) is 2. The fourth-order valence-corrected chi connectivity index (χ4v) is 0.838. The van der Waals surface area contributed by atoms with E-state index in [0.717, 1.165) is 5.69 Å². The van der Waals surface area contributed by atoms with E-state index in [4.69, 9.17) is 17.3 Å². The van der Waals surface area contributed by atoms with Gasteiger partial charge in [-0.2, -0.15) is 0 Å². The number of hydrogen-bond donors (Lipinski definition) is 1. The van der Waals surface area contributed by atoms with E-state index < -0.39 is 0 Å². The maximum atomic E-state index is 5.69. The molecule has 0 unspecified atom stereocenters. The topological polar surface area (TPSA) is 38.9 Å². The summed E-state index contributed by atoms with van der Waals surface area (Å²) >= 11 is 5.69. The van der Waals surface area contributed by atoms with Crippen molar-refractivity contribution < 1.29 is 0 Å². The molecule has 1 rings (SSSR count). The van der Waals surface area contributed by atoms with Gasteiger partial charge in [0.15, 0.2) is 0 Å². The highest BCUT2D eigenvalue weighted by atomic mass is 35.5. The molecule has 0 aromatic carbocycles. The van der Waals surface area contributed by atoms with Gasteiger partial charge in [-0.1, -0.05) is 11.6 Å². The Balaban J connectivity index is 2.96. The number of nitrogens with two attached hydrogens (primary N) is 1. The molecule has 54 valence electrons. The monoisotopic (exact) mass is 156 g/mol. The number of rotatable bonds is 1. The van der Waals surface area contributed by atoms with E-state index in [2.05, 4.69) is 4.98 Å². The fourth-order valence-electron chi connectivity index (χ4n) is 0.670. The summed E-state index contributed by atoms with van der Waals surface area (Å²) < 4.78 is 0. The first kappa shape index (κ1) is 7.51. The highest BCUT2D eigenvalue weighted by Crippen LogP contribution is 2.11. The predicted molar refractivity (Wildman–Crippen MR) is 41.8 cm³/mol. The molecule has 0 radical (unpaired) electrons. The lowest BCUT2D eigenvalue weighted by atomic mass is 10.2. The summed E-state index contributed by atoms with van der Waals surface area (Å²) in [5.74, 6) is 0. The van der Waals surface area contributed by atoms with E-state index in [1.54, 1.807) is 18.3 Å². The van der Waals surface area contributed by atoms with Crippen molar-refractivity contribution in [3.8, 4) is 0 Å². The van der Waals surface area contributed by atoms with E-state index in [1.807, 2.05) is 6.92 Å². The molecule has 0 fully saturated rings. The Bertz CT molecular complexity index is 223. The van der Waals surface area contributed by atoms with Crippen LogP contribution in [0.25, 0.3) is 0 Å². The van der Waals surface area contributed by atoms with Crippen LogP contribution >= 0.6 is 11.6 Å². The van der Waals surface area contributed by atoms with Crippen LogP contribution in [0, 0.1) is 0 Å². The Kier molecular flexibility index (Phi) is 2.25. The van der Waals surface area contributed by atoms with Crippen LogP contribution in [0.5, 0.6) is 0 Å². The molecule has 0 saturated carbocycles. The minimum absolute atomic E-state index is 0.0429. The van der Waals surface area contributed by atoms with Gasteiger partial charge < -0.3 is 5.73 Å². The molecule has 3 heteroatoms. The molecule has 0 amide bonds. The second-order valence-corrected chi connectivity index (χ2v) is 2.62. The zero-order valence-electron chi connectivity index (χ0n) is 5.71. The van der Waals surface area contributed by atoms with E-state index >= 15 is 0 Å². The van der Waals surface area contributed by atoms with Crippen molar-refractivity contribution in [1.82, 2.24) is 4.98 Å². The number of nitrogens with zero attached hydrogens (tertiary/aromatic N) is 1. The van der Waals surface area contributed by atoms with E-state index in [9.17, 15) is 0 Å². The van der Waals surface area contributed by atoms with Crippen LogP contribution in [-0.4, -0.2) is 4.98 Å². The molecular formula is C7H9ClN2. The lowest BCUT2D eigenvalue weighted by Crippen LogP contribution is -2.06. The molecule has 1 atom stereocenters. The zero-order valence-corrected chi connectivity index (χ0v) is 6.47. The normalized spacial score (nSPS) is 13.1. The first-order chi connectivity index (χ1) is 4.70. The van der Waals surface area contributed by atoms with Crippen molar-refractivity contribution in [2.45, 2.75) is 13.0 Å². The highest BCUT2D eigenvalue weighted by Gasteiger charge is 1.99. The second-order valence-electron chi connectivity index (χ2n) is 2.19. The number of halogens is 1. The Labute approximate surface area is 65.0 Å². The molecule has 1 aromatic heterocycles. The molecule has 2 nitrogen and oxygen atoms in total. The molecule has 0 aliphatic carbocycles. The summed E-state index contributed by atoms with van der Waals surface area (Å²) in [6.45, 7) is 1.87. The van der Waals surface area contributed by atoms with Crippen molar-refractivity contribution in [3.63, 3.8) is 0 Å². The summed E-state index contributed by atoms with van der Waals surface area (Å²) in [5, 5.41) is 0.683. The van der Waals surface area contributed by atoms with Crippen LogP contribution in [-0.2, 0) is 0 Å². The molecule has 0 aliphatic rings. The van der Waals surface area contributed by atoms with Gasteiger partial charge >= 0.3 is 0 Å². The smallest absolute Gasteiger partial charge is 0.0582 e. The lowest BCUT2D eigenvalue weighted by molar-refractivity contribution is 0.781. The van der Waals surface area contributed by atoms with Crippen molar-refractivity contribution in [2.75, 3.05) is 0 Å². The fraction of sp³-hybridized carbons (Fsp3) is 0.286. The van der Waals surface area contributed by atoms with Gasteiger partial charge in [0.25, 0.3) is 0 Å². The van der Waals surface area contributed by atoms with Crippen LogP contribution in [0.3, 0.4) is 0 Å². The second kappa shape index (κ2) is 2.99. The van der Waals surface area contributed by atoms with Gasteiger partial charge in [0.2, 0.25) is 0 Å². The van der Waals surface area contributed by atoms with Crippen LogP contribution in [0.2, 0.25) is 5.02 Å². The molecule has 0 saturated heterocycles. The van der Waals surface area contributed by atoms with Crippen molar-refractivity contribution in [3.05, 3.63) is 29.0 Å². The average molecular weight is 157 g/mol. The molecule has 0 spiro atoms. The zero-order chi connectivity index (χ0) is 7.56. The summed E-state index contributed by atoms with van der Waals surface area (Å²) in [6, 6.07) is 3.46. The lowest BCUT2D eigenvalue weighted by Gasteiger charge is -2.02. The summed E-state index contributed by atoms with van der Waals surface area (Å²) in [7, 11) is 0. The minimum atomic E-state index is -0.0429. The van der Waals surface area contributed by atoms with E-state index in [-0.39, 0.29) is 6.04 Å². The highest BCUT2D eigenvalue weighted by molar-refractivity contribution is 6.30. The number of aromatic nitrogens is 1. The van der Waals surface area contributed by atoms with E-state index in [1.165, 1.54) is 0 Å².